The second-order valence-electron chi connectivity index (χ2n) is 10.6. The van der Waals surface area contributed by atoms with E-state index in [1.165, 1.54) is 6.20 Å². The molecular formula is C32H9F7N6O2S2. The van der Waals surface area contributed by atoms with Crippen molar-refractivity contribution in [3.63, 3.8) is 0 Å². The Bertz CT molecular complexity index is 2730. The first-order valence-corrected chi connectivity index (χ1v) is 15.5. The van der Waals surface area contributed by atoms with E-state index in [1.807, 2.05) is 12.1 Å². The summed E-state index contributed by atoms with van der Waals surface area (Å²) in [5.74, 6) is -10.6. The van der Waals surface area contributed by atoms with Gasteiger partial charge in [0.25, 0.3) is 23.7 Å². The van der Waals surface area contributed by atoms with E-state index in [4.69, 9.17) is 8.83 Å². The van der Waals surface area contributed by atoms with Crippen molar-refractivity contribution in [3.8, 4) is 42.7 Å². The van der Waals surface area contributed by atoms with Crippen LogP contribution in [0.1, 0.15) is 0 Å². The Morgan fingerprint density at radius 2 is 0.939 bits per heavy atom. The van der Waals surface area contributed by atoms with Crippen LogP contribution in [-0.4, -0.2) is 29.9 Å². The standard InChI is InChI=1S/C32H9F7N6O2S2/c33-14-7-40-26(37)23(34)21(14)19-8-41-31(48-19)29-43-15-3-10-1-13-6-18-16(4-11(13)2-12(10)5-17(15)46-29)44-30(47-18)32-42-9-20(49-32)22-24(35)27(38)45-28(39)25(22)36/h1-9H. The minimum Gasteiger partial charge on any atom is -0.434 e. The average Bonchev–Trinajstić information content (AvgIpc) is 3.89. The molecule has 0 unspecified atom stereocenters. The van der Waals surface area contributed by atoms with Crippen molar-refractivity contribution in [2.75, 3.05) is 0 Å². The maximum Gasteiger partial charge on any atom is 0.256 e. The maximum absolute atomic E-state index is 14.3. The molecule has 0 aliphatic carbocycles. The SMILES string of the molecule is Fc1cnc(F)c(F)c1-c1cnc(-c2nc3cc4cc5cc6oc(-c7ncc(-c8c(F)c(F)nc(F)c8F)s7)nc6cc5cc4cc3o2)s1. The fourth-order valence-electron chi connectivity index (χ4n) is 5.38. The van der Waals surface area contributed by atoms with E-state index >= 15 is 0 Å². The molecule has 0 aliphatic heterocycles. The molecular weight excluding hydrogens is 698 g/mol. The molecule has 9 aromatic rings. The van der Waals surface area contributed by atoms with Crippen molar-refractivity contribution < 1.29 is 39.6 Å². The highest BCUT2D eigenvalue weighted by Crippen LogP contribution is 2.39. The molecule has 0 N–H and O–H groups in total. The van der Waals surface area contributed by atoms with Crippen LogP contribution >= 0.6 is 22.7 Å². The Morgan fingerprint density at radius 1 is 0.469 bits per heavy atom. The molecule has 0 amide bonds. The number of benzene rings is 3. The van der Waals surface area contributed by atoms with Crippen LogP contribution in [0.2, 0.25) is 0 Å². The van der Waals surface area contributed by atoms with Gasteiger partial charge in [-0.1, -0.05) is 0 Å². The summed E-state index contributed by atoms with van der Waals surface area (Å²) in [6.07, 6.45) is 2.85. The smallest absolute Gasteiger partial charge is 0.256 e. The zero-order valence-electron chi connectivity index (χ0n) is 23.7. The molecule has 0 spiro atoms. The summed E-state index contributed by atoms with van der Waals surface area (Å²) < 4.78 is 110. The number of halogens is 7. The van der Waals surface area contributed by atoms with Crippen molar-refractivity contribution in [3.05, 3.63) is 96.1 Å². The summed E-state index contributed by atoms with van der Waals surface area (Å²) in [6, 6.07) is 10.9. The maximum atomic E-state index is 14.3. The first kappa shape index (κ1) is 29.3. The predicted molar refractivity (Wildman–Crippen MR) is 165 cm³/mol. The third kappa shape index (κ3) is 4.64. The third-order valence-electron chi connectivity index (χ3n) is 7.61. The molecule has 6 heterocycles. The summed E-state index contributed by atoms with van der Waals surface area (Å²) in [5.41, 5.74) is 0.202. The Hall–Kier alpha value is -5.81. The molecule has 0 fully saturated rings. The minimum atomic E-state index is -1.78. The van der Waals surface area contributed by atoms with Gasteiger partial charge in [0.05, 0.1) is 27.1 Å². The van der Waals surface area contributed by atoms with Crippen LogP contribution in [0.4, 0.5) is 30.7 Å². The molecule has 0 radical (unpaired) electrons. The van der Waals surface area contributed by atoms with Gasteiger partial charge in [0.1, 0.15) is 11.0 Å². The molecule has 240 valence electrons. The fourth-order valence-corrected chi connectivity index (χ4v) is 7.14. The van der Waals surface area contributed by atoms with Gasteiger partial charge < -0.3 is 8.83 Å². The molecule has 0 atom stereocenters. The molecule has 3 aromatic carbocycles. The highest BCUT2D eigenvalue weighted by Gasteiger charge is 2.25. The molecule has 0 saturated carbocycles. The molecule has 49 heavy (non-hydrogen) atoms. The molecule has 8 nitrogen and oxygen atoms in total. The van der Waals surface area contributed by atoms with Crippen molar-refractivity contribution >= 4 is 66.4 Å². The first-order valence-electron chi connectivity index (χ1n) is 13.8. The second-order valence-corrected chi connectivity index (χ2v) is 12.6. The van der Waals surface area contributed by atoms with Gasteiger partial charge in [0.15, 0.2) is 44.5 Å². The molecule has 0 saturated heterocycles. The minimum absolute atomic E-state index is 0.0288. The lowest BCUT2D eigenvalue weighted by Crippen LogP contribution is -2.02. The van der Waals surface area contributed by atoms with Crippen LogP contribution < -0.4 is 0 Å². The van der Waals surface area contributed by atoms with Crippen LogP contribution in [0.5, 0.6) is 0 Å². The van der Waals surface area contributed by atoms with Crippen molar-refractivity contribution in [2.24, 2.45) is 0 Å². The van der Waals surface area contributed by atoms with Crippen LogP contribution in [-0.2, 0) is 0 Å². The lowest BCUT2D eigenvalue weighted by Gasteiger charge is -2.02. The van der Waals surface area contributed by atoms with Gasteiger partial charge in [-0.2, -0.15) is 18.2 Å². The third-order valence-corrected chi connectivity index (χ3v) is 9.61. The van der Waals surface area contributed by atoms with Crippen molar-refractivity contribution in [2.45, 2.75) is 0 Å². The van der Waals surface area contributed by atoms with Gasteiger partial charge in [0, 0.05) is 12.4 Å². The Kier molecular flexibility index (Phi) is 6.34. The van der Waals surface area contributed by atoms with Crippen LogP contribution in [0.25, 0.3) is 86.4 Å². The zero-order valence-corrected chi connectivity index (χ0v) is 25.3. The van der Waals surface area contributed by atoms with Crippen LogP contribution in [0.15, 0.2) is 63.8 Å². The molecule has 9 rings (SSSR count). The lowest BCUT2D eigenvalue weighted by molar-refractivity contribution is 0.411. The summed E-state index contributed by atoms with van der Waals surface area (Å²) in [6.45, 7) is 0. The molecule has 6 aromatic heterocycles. The van der Waals surface area contributed by atoms with Crippen molar-refractivity contribution in [1.82, 2.24) is 29.9 Å². The number of rotatable bonds is 4. The van der Waals surface area contributed by atoms with Gasteiger partial charge in [0.2, 0.25) is 5.95 Å². The topological polar surface area (TPSA) is 104 Å². The summed E-state index contributed by atoms with van der Waals surface area (Å²) in [7, 11) is 0. The lowest BCUT2D eigenvalue weighted by atomic mass is 10.0. The van der Waals surface area contributed by atoms with E-state index in [0.717, 1.165) is 50.4 Å². The van der Waals surface area contributed by atoms with E-state index in [9.17, 15) is 30.7 Å². The van der Waals surface area contributed by atoms with Gasteiger partial charge in [-0.05, 0) is 57.9 Å². The Labute approximate surface area is 274 Å². The highest BCUT2D eigenvalue weighted by atomic mass is 32.1. The zero-order chi connectivity index (χ0) is 33.7. The number of aromatic nitrogens is 6. The largest absolute Gasteiger partial charge is 0.434 e. The van der Waals surface area contributed by atoms with E-state index in [2.05, 4.69) is 29.9 Å². The predicted octanol–water partition coefficient (Wildman–Crippen LogP) is 9.62. The number of hydrogen-bond acceptors (Lipinski definition) is 10. The van der Waals surface area contributed by atoms with Gasteiger partial charge >= 0.3 is 0 Å². The quantitative estimate of drug-likeness (QED) is 0.101. The molecule has 0 bridgehead atoms. The van der Waals surface area contributed by atoms with Crippen LogP contribution in [0, 0.1) is 41.1 Å². The summed E-state index contributed by atoms with van der Waals surface area (Å²) >= 11 is 1.60. The van der Waals surface area contributed by atoms with Crippen molar-refractivity contribution in [1.29, 1.82) is 0 Å². The average molecular weight is 707 g/mol. The van der Waals surface area contributed by atoms with E-state index < -0.39 is 52.2 Å². The van der Waals surface area contributed by atoms with Gasteiger partial charge in [-0.3, -0.25) is 0 Å². The second kappa shape index (κ2) is 10.6. The highest BCUT2D eigenvalue weighted by molar-refractivity contribution is 7.18. The Morgan fingerprint density at radius 3 is 1.47 bits per heavy atom. The molecule has 17 heteroatoms. The number of nitrogens with zero attached hydrogens (tertiary/aromatic N) is 6. The summed E-state index contributed by atoms with van der Waals surface area (Å²) in [4.78, 5) is 22.7. The number of thiazole rings is 2. The first-order chi connectivity index (χ1) is 23.6. The fraction of sp³-hybridized carbons (Fsp3) is 0. The Balaban J connectivity index is 1.07. The van der Waals surface area contributed by atoms with E-state index in [0.29, 0.717) is 28.4 Å². The van der Waals surface area contributed by atoms with E-state index in [1.54, 1.807) is 24.3 Å². The van der Waals surface area contributed by atoms with E-state index in [-0.39, 0.29) is 31.6 Å². The van der Waals surface area contributed by atoms with Gasteiger partial charge in [-0.15, -0.1) is 22.7 Å². The monoisotopic (exact) mass is 706 g/mol. The normalized spacial score (nSPS) is 12.0. The van der Waals surface area contributed by atoms with Gasteiger partial charge in [-0.25, -0.2) is 42.5 Å². The molecule has 0 aliphatic rings. The number of fused-ring (bicyclic) bond motifs is 4. The summed E-state index contributed by atoms with van der Waals surface area (Å²) in [5, 5.41) is 3.48. The number of pyridine rings is 2. The number of oxazole rings is 2. The van der Waals surface area contributed by atoms with Crippen LogP contribution in [0.3, 0.4) is 0 Å². The number of hydrogen-bond donors (Lipinski definition) is 0.